The zero-order valence-corrected chi connectivity index (χ0v) is 12.7. The Labute approximate surface area is 125 Å². The van der Waals surface area contributed by atoms with Gasteiger partial charge in [0.05, 0.1) is 0 Å². The molecule has 1 fully saturated rings. The molecule has 0 aromatic heterocycles. The van der Waals surface area contributed by atoms with Crippen LogP contribution in [0.4, 0.5) is 0 Å². The van der Waals surface area contributed by atoms with E-state index in [-0.39, 0.29) is 6.04 Å². The Morgan fingerprint density at radius 2 is 2.05 bits per heavy atom. The molecule has 114 valence electrons. The minimum absolute atomic E-state index is 0.0382. The highest BCUT2D eigenvalue weighted by molar-refractivity contribution is 5.73. The maximum absolute atomic E-state index is 11.6. The molecule has 1 aliphatic heterocycles. The summed E-state index contributed by atoms with van der Waals surface area (Å²) in [5, 5.41) is 19.8. The van der Waals surface area contributed by atoms with Gasteiger partial charge in [-0.05, 0) is 55.8 Å². The molecule has 0 saturated carbocycles. The van der Waals surface area contributed by atoms with E-state index in [4.69, 9.17) is 0 Å². The Bertz CT molecular complexity index is 569. The number of aliphatic carboxylic acids is 1. The molecule has 3 rings (SSSR count). The van der Waals surface area contributed by atoms with Gasteiger partial charge >= 0.3 is 5.97 Å². The molecule has 0 spiro atoms. The minimum atomic E-state index is -0.733. The van der Waals surface area contributed by atoms with Gasteiger partial charge in [-0.2, -0.15) is 0 Å². The SMILES string of the molecule is Cc1ccc(O)c2c1C(C)CC2N1CCCCC1C(=O)O. The first-order chi connectivity index (χ1) is 10.0. The lowest BCUT2D eigenvalue weighted by molar-refractivity contribution is -0.146. The number of carboxylic acids is 1. The van der Waals surface area contributed by atoms with E-state index in [1.54, 1.807) is 6.07 Å². The van der Waals surface area contributed by atoms with Gasteiger partial charge in [-0.3, -0.25) is 9.69 Å². The largest absolute Gasteiger partial charge is 0.508 e. The molecule has 3 atom stereocenters. The highest BCUT2D eigenvalue weighted by Gasteiger charge is 2.41. The number of piperidine rings is 1. The predicted octanol–water partition coefficient (Wildman–Crippen LogP) is 3.19. The molecule has 1 heterocycles. The van der Waals surface area contributed by atoms with Crippen LogP contribution < -0.4 is 0 Å². The number of carboxylic acid groups (broad SMARTS) is 1. The summed E-state index contributed by atoms with van der Waals surface area (Å²) in [6.45, 7) is 5.05. The van der Waals surface area contributed by atoms with Gasteiger partial charge in [-0.15, -0.1) is 0 Å². The van der Waals surface area contributed by atoms with E-state index in [1.165, 1.54) is 11.1 Å². The summed E-state index contributed by atoms with van der Waals surface area (Å²) < 4.78 is 0. The molecule has 2 aliphatic rings. The van der Waals surface area contributed by atoms with E-state index < -0.39 is 12.0 Å². The van der Waals surface area contributed by atoms with Crippen LogP contribution in [0.1, 0.15) is 61.3 Å². The second-order valence-electron chi connectivity index (χ2n) is 6.47. The van der Waals surface area contributed by atoms with Gasteiger partial charge in [-0.1, -0.05) is 19.4 Å². The first kappa shape index (κ1) is 14.4. The summed E-state index contributed by atoms with van der Waals surface area (Å²) in [5.41, 5.74) is 3.38. The highest BCUT2D eigenvalue weighted by Crippen LogP contribution is 2.49. The summed E-state index contributed by atoms with van der Waals surface area (Å²) in [7, 11) is 0. The smallest absolute Gasteiger partial charge is 0.320 e. The Morgan fingerprint density at radius 3 is 2.76 bits per heavy atom. The lowest BCUT2D eigenvalue weighted by atomic mass is 9.95. The third-order valence-electron chi connectivity index (χ3n) is 5.11. The van der Waals surface area contributed by atoms with Gasteiger partial charge in [-0.25, -0.2) is 0 Å². The second-order valence-corrected chi connectivity index (χ2v) is 6.47. The fraction of sp³-hybridized carbons (Fsp3) is 0.588. The lowest BCUT2D eigenvalue weighted by Crippen LogP contribution is -2.46. The number of hydrogen-bond acceptors (Lipinski definition) is 3. The Balaban J connectivity index is 2.02. The third kappa shape index (κ3) is 2.31. The molecule has 0 radical (unpaired) electrons. The molecule has 1 aliphatic carbocycles. The topological polar surface area (TPSA) is 60.8 Å². The van der Waals surface area contributed by atoms with Gasteiger partial charge < -0.3 is 10.2 Å². The van der Waals surface area contributed by atoms with Gasteiger partial charge in [0.25, 0.3) is 0 Å². The van der Waals surface area contributed by atoms with Crippen LogP contribution in [-0.4, -0.2) is 33.7 Å². The number of rotatable bonds is 2. The summed E-state index contributed by atoms with van der Waals surface area (Å²) in [6, 6.07) is 3.33. The van der Waals surface area contributed by atoms with E-state index in [2.05, 4.69) is 18.7 Å². The van der Waals surface area contributed by atoms with Crippen molar-refractivity contribution in [1.82, 2.24) is 4.90 Å². The molecule has 0 amide bonds. The number of phenols is 1. The van der Waals surface area contributed by atoms with E-state index in [9.17, 15) is 15.0 Å². The number of benzene rings is 1. The standard InChI is InChI=1S/C17H23NO3/c1-10-6-7-14(19)16-13(9-11(2)15(10)16)18-8-4-3-5-12(18)17(20)21/h6-7,11-13,19H,3-5,8-9H2,1-2H3,(H,20,21). The zero-order chi connectivity index (χ0) is 15.1. The van der Waals surface area contributed by atoms with Crippen molar-refractivity contribution >= 4 is 5.97 Å². The number of likely N-dealkylation sites (tertiary alicyclic amines) is 1. The number of aryl methyl sites for hydroxylation is 1. The molecule has 21 heavy (non-hydrogen) atoms. The van der Waals surface area contributed by atoms with Crippen LogP contribution >= 0.6 is 0 Å². The van der Waals surface area contributed by atoms with Gasteiger partial charge in [0, 0.05) is 11.6 Å². The van der Waals surface area contributed by atoms with Crippen LogP contribution in [0.5, 0.6) is 5.75 Å². The van der Waals surface area contributed by atoms with E-state index in [1.807, 2.05) is 6.07 Å². The van der Waals surface area contributed by atoms with Gasteiger partial charge in [0.2, 0.25) is 0 Å². The van der Waals surface area contributed by atoms with Crippen molar-refractivity contribution in [1.29, 1.82) is 0 Å². The summed E-state index contributed by atoms with van der Waals surface area (Å²) in [4.78, 5) is 13.7. The molecule has 0 bridgehead atoms. The predicted molar refractivity (Wildman–Crippen MR) is 80.6 cm³/mol. The molecule has 1 aromatic carbocycles. The number of hydrogen-bond donors (Lipinski definition) is 2. The van der Waals surface area contributed by atoms with Gasteiger partial charge in [0.15, 0.2) is 0 Å². The van der Waals surface area contributed by atoms with Crippen LogP contribution in [0.25, 0.3) is 0 Å². The highest BCUT2D eigenvalue weighted by atomic mass is 16.4. The number of nitrogens with zero attached hydrogens (tertiary/aromatic N) is 1. The zero-order valence-electron chi connectivity index (χ0n) is 12.7. The Kier molecular flexibility index (Phi) is 3.66. The maximum atomic E-state index is 11.6. The quantitative estimate of drug-likeness (QED) is 0.878. The van der Waals surface area contributed by atoms with E-state index in [0.29, 0.717) is 18.1 Å². The van der Waals surface area contributed by atoms with Crippen molar-refractivity contribution in [2.75, 3.05) is 6.54 Å². The van der Waals surface area contributed by atoms with Crippen LogP contribution in [0.3, 0.4) is 0 Å². The molecule has 1 aromatic rings. The number of aromatic hydroxyl groups is 1. The molecule has 4 nitrogen and oxygen atoms in total. The first-order valence-electron chi connectivity index (χ1n) is 7.81. The fourth-order valence-electron chi connectivity index (χ4n) is 4.20. The van der Waals surface area contributed by atoms with Crippen LogP contribution in [0.15, 0.2) is 12.1 Å². The first-order valence-corrected chi connectivity index (χ1v) is 7.81. The molecule has 3 unspecified atom stereocenters. The molecular formula is C17H23NO3. The monoisotopic (exact) mass is 289 g/mol. The fourth-order valence-corrected chi connectivity index (χ4v) is 4.20. The normalized spacial score (nSPS) is 29.3. The Morgan fingerprint density at radius 1 is 1.29 bits per heavy atom. The molecule has 4 heteroatoms. The van der Waals surface area contributed by atoms with Crippen molar-refractivity contribution in [3.05, 3.63) is 28.8 Å². The van der Waals surface area contributed by atoms with Crippen molar-refractivity contribution in [2.24, 2.45) is 0 Å². The van der Waals surface area contributed by atoms with Crippen molar-refractivity contribution < 1.29 is 15.0 Å². The third-order valence-corrected chi connectivity index (χ3v) is 5.11. The molecular weight excluding hydrogens is 266 g/mol. The summed E-state index contributed by atoms with van der Waals surface area (Å²) in [5.74, 6) is -0.0453. The van der Waals surface area contributed by atoms with Gasteiger partial charge in [0.1, 0.15) is 11.8 Å². The Hall–Kier alpha value is -1.55. The van der Waals surface area contributed by atoms with Crippen LogP contribution in [0.2, 0.25) is 0 Å². The number of phenolic OH excluding ortho intramolecular Hbond substituents is 1. The molecule has 1 saturated heterocycles. The average Bonchev–Trinajstić information content (AvgIpc) is 2.82. The average molecular weight is 289 g/mol. The summed E-state index contributed by atoms with van der Waals surface area (Å²) >= 11 is 0. The van der Waals surface area contributed by atoms with Crippen LogP contribution in [0, 0.1) is 6.92 Å². The lowest BCUT2D eigenvalue weighted by Gasteiger charge is -2.38. The molecule has 2 N–H and O–H groups in total. The number of carbonyl (C=O) groups is 1. The van der Waals surface area contributed by atoms with Crippen molar-refractivity contribution in [2.45, 2.75) is 57.5 Å². The summed E-state index contributed by atoms with van der Waals surface area (Å²) in [6.07, 6.45) is 3.62. The van der Waals surface area contributed by atoms with Crippen molar-refractivity contribution in [3.8, 4) is 5.75 Å². The second kappa shape index (κ2) is 5.34. The van der Waals surface area contributed by atoms with Crippen molar-refractivity contribution in [3.63, 3.8) is 0 Å². The minimum Gasteiger partial charge on any atom is -0.508 e. The van der Waals surface area contributed by atoms with E-state index >= 15 is 0 Å². The van der Waals surface area contributed by atoms with E-state index in [0.717, 1.165) is 31.4 Å². The number of fused-ring (bicyclic) bond motifs is 1. The van der Waals surface area contributed by atoms with Crippen LogP contribution in [-0.2, 0) is 4.79 Å². The maximum Gasteiger partial charge on any atom is 0.320 e.